The molecule has 0 aliphatic carbocycles. The number of halogens is 1. The Labute approximate surface area is 184 Å². The summed E-state index contributed by atoms with van der Waals surface area (Å²) in [5.74, 6) is -0.222. The van der Waals surface area contributed by atoms with E-state index in [4.69, 9.17) is 11.6 Å². The van der Waals surface area contributed by atoms with Gasteiger partial charge in [0.05, 0.1) is 4.90 Å². The molecule has 1 amide bonds. The standard InChI is InChI=1S/C23H29ClN2O3S/c1-23(2,3)19-7-9-21(10-8-19)30(28,29)26-13-11-18(12-14-26)22(27)25-16-17-5-4-6-20(24)15-17/h4-10,15,18H,11-14,16H2,1-3H3,(H,25,27). The lowest BCUT2D eigenvalue weighted by Crippen LogP contribution is -2.42. The maximum Gasteiger partial charge on any atom is 0.243 e. The number of nitrogens with zero attached hydrogens (tertiary/aromatic N) is 1. The first-order valence-electron chi connectivity index (χ1n) is 10.2. The number of piperidine rings is 1. The number of benzene rings is 2. The summed E-state index contributed by atoms with van der Waals surface area (Å²) in [6, 6.07) is 14.5. The van der Waals surface area contributed by atoms with Crippen LogP contribution in [0.25, 0.3) is 0 Å². The Bertz CT molecular complexity index is 990. The minimum Gasteiger partial charge on any atom is -0.352 e. The Kier molecular flexibility index (Phi) is 6.90. The molecule has 30 heavy (non-hydrogen) atoms. The highest BCUT2D eigenvalue weighted by molar-refractivity contribution is 7.89. The minimum atomic E-state index is -3.55. The molecule has 1 saturated heterocycles. The summed E-state index contributed by atoms with van der Waals surface area (Å²) in [4.78, 5) is 12.8. The monoisotopic (exact) mass is 448 g/mol. The van der Waals surface area contributed by atoms with Crippen LogP contribution in [0.15, 0.2) is 53.4 Å². The van der Waals surface area contributed by atoms with E-state index in [1.165, 1.54) is 4.31 Å². The maximum atomic E-state index is 13.0. The third-order valence-electron chi connectivity index (χ3n) is 5.54. The summed E-state index contributed by atoms with van der Waals surface area (Å²) in [7, 11) is -3.55. The SMILES string of the molecule is CC(C)(C)c1ccc(S(=O)(=O)N2CCC(C(=O)NCc3cccc(Cl)c3)CC2)cc1. The summed E-state index contributed by atoms with van der Waals surface area (Å²) in [6.45, 7) is 7.39. The molecule has 1 heterocycles. The Morgan fingerprint density at radius 1 is 1.10 bits per heavy atom. The lowest BCUT2D eigenvalue weighted by molar-refractivity contribution is -0.126. The molecular formula is C23H29ClN2O3S. The third-order valence-corrected chi connectivity index (χ3v) is 7.69. The van der Waals surface area contributed by atoms with E-state index in [0.717, 1.165) is 11.1 Å². The van der Waals surface area contributed by atoms with E-state index in [2.05, 4.69) is 26.1 Å². The highest BCUT2D eigenvalue weighted by Gasteiger charge is 2.32. The van der Waals surface area contributed by atoms with Crippen LogP contribution >= 0.6 is 11.6 Å². The van der Waals surface area contributed by atoms with E-state index in [0.29, 0.717) is 42.4 Å². The van der Waals surface area contributed by atoms with Gasteiger partial charge in [0.2, 0.25) is 15.9 Å². The van der Waals surface area contributed by atoms with Gasteiger partial charge in [0, 0.05) is 30.6 Å². The molecule has 162 valence electrons. The molecule has 7 heteroatoms. The molecule has 0 unspecified atom stereocenters. The summed E-state index contributed by atoms with van der Waals surface area (Å²) in [5, 5.41) is 3.57. The van der Waals surface area contributed by atoms with E-state index in [-0.39, 0.29) is 17.2 Å². The molecular weight excluding hydrogens is 420 g/mol. The van der Waals surface area contributed by atoms with E-state index >= 15 is 0 Å². The van der Waals surface area contributed by atoms with Crippen LogP contribution in [-0.2, 0) is 26.8 Å². The molecule has 0 aromatic heterocycles. The summed E-state index contributed by atoms with van der Waals surface area (Å²) < 4.78 is 27.4. The Morgan fingerprint density at radius 3 is 2.30 bits per heavy atom. The fraction of sp³-hybridized carbons (Fsp3) is 0.435. The van der Waals surface area contributed by atoms with Crippen molar-refractivity contribution in [1.82, 2.24) is 9.62 Å². The second-order valence-corrected chi connectivity index (χ2v) is 11.2. The summed E-state index contributed by atoms with van der Waals surface area (Å²) >= 11 is 5.97. The highest BCUT2D eigenvalue weighted by atomic mass is 35.5. The smallest absolute Gasteiger partial charge is 0.243 e. The van der Waals surface area contributed by atoms with Gasteiger partial charge in [0.25, 0.3) is 0 Å². The van der Waals surface area contributed by atoms with E-state index in [9.17, 15) is 13.2 Å². The van der Waals surface area contributed by atoms with Crippen LogP contribution in [0.3, 0.4) is 0 Å². The lowest BCUT2D eigenvalue weighted by Gasteiger charge is -2.30. The molecule has 1 fully saturated rings. The fourth-order valence-electron chi connectivity index (χ4n) is 3.61. The molecule has 2 aromatic rings. The van der Waals surface area contributed by atoms with Gasteiger partial charge >= 0.3 is 0 Å². The van der Waals surface area contributed by atoms with Crippen molar-refractivity contribution >= 4 is 27.5 Å². The van der Waals surface area contributed by atoms with Gasteiger partial charge in [-0.3, -0.25) is 4.79 Å². The van der Waals surface area contributed by atoms with Gasteiger partial charge in [-0.05, 0) is 53.6 Å². The van der Waals surface area contributed by atoms with Crippen LogP contribution in [0.4, 0.5) is 0 Å². The zero-order valence-corrected chi connectivity index (χ0v) is 19.3. The van der Waals surface area contributed by atoms with Crippen molar-refractivity contribution in [3.63, 3.8) is 0 Å². The van der Waals surface area contributed by atoms with Crippen LogP contribution in [0, 0.1) is 5.92 Å². The molecule has 0 atom stereocenters. The van der Waals surface area contributed by atoms with Crippen molar-refractivity contribution < 1.29 is 13.2 Å². The van der Waals surface area contributed by atoms with Crippen LogP contribution < -0.4 is 5.32 Å². The zero-order valence-electron chi connectivity index (χ0n) is 17.7. The van der Waals surface area contributed by atoms with Crippen LogP contribution in [-0.4, -0.2) is 31.7 Å². The average Bonchev–Trinajstić information content (AvgIpc) is 2.71. The number of nitrogens with one attached hydrogen (secondary N) is 1. The van der Waals surface area contributed by atoms with Crippen LogP contribution in [0.1, 0.15) is 44.7 Å². The summed E-state index contributed by atoms with van der Waals surface area (Å²) in [5.41, 5.74) is 2.00. The predicted octanol–water partition coefficient (Wildman–Crippen LogP) is 4.35. The van der Waals surface area contributed by atoms with Crippen LogP contribution in [0.5, 0.6) is 0 Å². The van der Waals surface area contributed by atoms with Gasteiger partial charge in [0.1, 0.15) is 0 Å². The number of carbonyl (C=O) groups is 1. The van der Waals surface area contributed by atoms with Crippen molar-refractivity contribution in [2.24, 2.45) is 5.92 Å². The van der Waals surface area contributed by atoms with Crippen molar-refractivity contribution in [3.8, 4) is 0 Å². The van der Waals surface area contributed by atoms with Crippen molar-refractivity contribution in [2.75, 3.05) is 13.1 Å². The van der Waals surface area contributed by atoms with Gasteiger partial charge in [0.15, 0.2) is 0 Å². The van der Waals surface area contributed by atoms with Crippen LogP contribution in [0.2, 0.25) is 5.02 Å². The van der Waals surface area contributed by atoms with Crippen molar-refractivity contribution in [1.29, 1.82) is 0 Å². The number of hydrogen-bond acceptors (Lipinski definition) is 3. The average molecular weight is 449 g/mol. The molecule has 2 aromatic carbocycles. The number of sulfonamides is 1. The molecule has 0 bridgehead atoms. The number of rotatable bonds is 5. The Balaban J connectivity index is 1.57. The minimum absolute atomic E-state index is 0.0287. The van der Waals surface area contributed by atoms with Gasteiger partial charge in [-0.1, -0.05) is 56.6 Å². The quantitative estimate of drug-likeness (QED) is 0.739. The Morgan fingerprint density at radius 2 is 1.73 bits per heavy atom. The van der Waals surface area contributed by atoms with Gasteiger partial charge < -0.3 is 5.32 Å². The Hall–Kier alpha value is -1.89. The second kappa shape index (κ2) is 9.08. The number of hydrogen-bond donors (Lipinski definition) is 1. The molecule has 0 saturated carbocycles. The first kappa shape index (κ1) is 22.8. The van der Waals surface area contributed by atoms with Gasteiger partial charge in [-0.15, -0.1) is 0 Å². The second-order valence-electron chi connectivity index (χ2n) is 8.80. The molecule has 0 spiro atoms. The molecule has 5 nitrogen and oxygen atoms in total. The van der Waals surface area contributed by atoms with E-state index in [1.807, 2.05) is 30.3 Å². The molecule has 1 aliphatic rings. The topological polar surface area (TPSA) is 66.5 Å². The lowest BCUT2D eigenvalue weighted by atomic mass is 9.87. The zero-order chi connectivity index (χ0) is 21.9. The summed E-state index contributed by atoms with van der Waals surface area (Å²) in [6.07, 6.45) is 1.03. The normalized spacial score (nSPS) is 16.4. The predicted molar refractivity (Wildman–Crippen MR) is 120 cm³/mol. The molecule has 0 radical (unpaired) electrons. The third kappa shape index (κ3) is 5.42. The molecule has 1 aliphatic heterocycles. The largest absolute Gasteiger partial charge is 0.352 e. The number of carbonyl (C=O) groups excluding carboxylic acids is 1. The number of amides is 1. The van der Waals surface area contributed by atoms with E-state index < -0.39 is 10.0 Å². The first-order chi connectivity index (χ1) is 14.1. The van der Waals surface area contributed by atoms with Gasteiger partial charge in [-0.2, -0.15) is 4.31 Å². The van der Waals surface area contributed by atoms with E-state index in [1.54, 1.807) is 18.2 Å². The molecule has 3 rings (SSSR count). The molecule has 1 N–H and O–H groups in total. The van der Waals surface area contributed by atoms with Crippen molar-refractivity contribution in [2.45, 2.75) is 50.5 Å². The van der Waals surface area contributed by atoms with Gasteiger partial charge in [-0.25, -0.2) is 8.42 Å². The van der Waals surface area contributed by atoms with Crippen molar-refractivity contribution in [3.05, 3.63) is 64.7 Å². The highest BCUT2D eigenvalue weighted by Crippen LogP contribution is 2.27. The first-order valence-corrected chi connectivity index (χ1v) is 12.0. The maximum absolute atomic E-state index is 13.0. The fourth-order valence-corrected chi connectivity index (χ4v) is 5.30.